The van der Waals surface area contributed by atoms with Gasteiger partial charge in [-0.15, -0.1) is 11.3 Å². The Morgan fingerprint density at radius 3 is 2.71 bits per heavy atom. The first-order valence-corrected chi connectivity index (χ1v) is 9.30. The largest absolute Gasteiger partial charge is 0.345 e. The van der Waals surface area contributed by atoms with Gasteiger partial charge in [-0.05, 0) is 29.6 Å². The maximum absolute atomic E-state index is 13.8. The fraction of sp³-hybridized carbons (Fsp3) is 0.250. The number of hydrogen-bond acceptors (Lipinski definition) is 5. The molecule has 0 spiro atoms. The highest BCUT2D eigenvalue weighted by molar-refractivity contribution is 7.22. The second-order valence-corrected chi connectivity index (χ2v) is 7.42. The average Bonchev–Trinajstić information content (AvgIpc) is 3.25. The second-order valence-electron chi connectivity index (χ2n) is 5.46. The number of thiophene rings is 1. The predicted molar refractivity (Wildman–Crippen MR) is 96.7 cm³/mol. The van der Waals surface area contributed by atoms with E-state index in [1.54, 1.807) is 11.0 Å². The fourth-order valence-electron chi connectivity index (χ4n) is 2.67. The number of halogens is 1. The third kappa shape index (κ3) is 2.94. The van der Waals surface area contributed by atoms with Crippen molar-refractivity contribution >= 4 is 49.1 Å². The van der Waals surface area contributed by atoms with Crippen LogP contribution in [0.3, 0.4) is 0 Å². The van der Waals surface area contributed by atoms with Crippen molar-refractivity contribution in [3.63, 3.8) is 0 Å². The lowest BCUT2D eigenvalue weighted by molar-refractivity contribution is 0.208. The van der Waals surface area contributed by atoms with Gasteiger partial charge in [0, 0.05) is 26.2 Å². The summed E-state index contributed by atoms with van der Waals surface area (Å²) < 4.78 is 14.6. The average molecular weight is 362 g/mol. The summed E-state index contributed by atoms with van der Waals surface area (Å²) in [6.45, 7) is 2.63. The number of para-hydroxylation sites is 1. The van der Waals surface area contributed by atoms with E-state index in [9.17, 15) is 9.18 Å². The molecule has 0 bridgehead atoms. The van der Waals surface area contributed by atoms with Crippen molar-refractivity contribution in [1.82, 2.24) is 9.88 Å². The minimum atomic E-state index is -0.288. The van der Waals surface area contributed by atoms with E-state index in [1.807, 2.05) is 23.6 Å². The van der Waals surface area contributed by atoms with Crippen molar-refractivity contribution in [2.75, 3.05) is 36.4 Å². The maximum atomic E-state index is 13.8. The molecule has 4 rings (SSSR count). The molecule has 0 aliphatic carbocycles. The number of carbonyl (C=O) groups excluding carboxylic acids is 1. The van der Waals surface area contributed by atoms with Gasteiger partial charge in [-0.25, -0.2) is 14.2 Å². The molecule has 0 radical (unpaired) electrons. The molecule has 8 heteroatoms. The molecule has 3 aromatic rings. The number of fused-ring (bicyclic) bond motifs is 1. The van der Waals surface area contributed by atoms with Crippen LogP contribution in [0.5, 0.6) is 0 Å². The molecule has 5 nitrogen and oxygen atoms in total. The molecular formula is C16H15FN4OS2. The SMILES string of the molecule is O=C(Nc1cccs1)N1CCN(c2nc3c(F)cccc3s2)CC1. The molecule has 1 aliphatic heterocycles. The van der Waals surface area contributed by atoms with Gasteiger partial charge in [0.05, 0.1) is 9.70 Å². The highest BCUT2D eigenvalue weighted by Crippen LogP contribution is 2.30. The van der Waals surface area contributed by atoms with Crippen LogP contribution in [0.4, 0.5) is 19.3 Å². The van der Waals surface area contributed by atoms with Crippen LogP contribution in [0.1, 0.15) is 0 Å². The van der Waals surface area contributed by atoms with Crippen LogP contribution in [0.2, 0.25) is 0 Å². The molecule has 1 aromatic carbocycles. The Morgan fingerprint density at radius 2 is 2.00 bits per heavy atom. The topological polar surface area (TPSA) is 48.5 Å². The number of hydrogen-bond donors (Lipinski definition) is 1. The molecule has 3 heterocycles. The van der Waals surface area contributed by atoms with Crippen molar-refractivity contribution < 1.29 is 9.18 Å². The van der Waals surface area contributed by atoms with Crippen LogP contribution in [-0.4, -0.2) is 42.1 Å². The van der Waals surface area contributed by atoms with Crippen LogP contribution >= 0.6 is 22.7 Å². The summed E-state index contributed by atoms with van der Waals surface area (Å²) >= 11 is 2.99. The molecule has 2 aromatic heterocycles. The van der Waals surface area contributed by atoms with Crippen LogP contribution in [0.15, 0.2) is 35.7 Å². The Balaban J connectivity index is 1.41. The van der Waals surface area contributed by atoms with E-state index >= 15 is 0 Å². The van der Waals surface area contributed by atoms with Crippen molar-refractivity contribution in [1.29, 1.82) is 0 Å². The minimum Gasteiger partial charge on any atom is -0.345 e. The summed E-state index contributed by atoms with van der Waals surface area (Å²) in [7, 11) is 0. The molecular weight excluding hydrogens is 347 g/mol. The summed E-state index contributed by atoms with van der Waals surface area (Å²) in [5, 5.41) is 6.49. The Labute approximate surface area is 146 Å². The first-order valence-electron chi connectivity index (χ1n) is 7.60. The number of piperazine rings is 1. The van der Waals surface area contributed by atoms with Gasteiger partial charge in [-0.1, -0.05) is 17.4 Å². The number of carbonyl (C=O) groups is 1. The number of thiazole rings is 1. The fourth-order valence-corrected chi connectivity index (χ4v) is 4.31. The van der Waals surface area contributed by atoms with Gasteiger partial charge >= 0.3 is 6.03 Å². The first kappa shape index (κ1) is 15.3. The number of nitrogens with zero attached hydrogens (tertiary/aromatic N) is 3. The summed E-state index contributed by atoms with van der Waals surface area (Å²) in [5.41, 5.74) is 0.426. The normalized spacial score (nSPS) is 15.0. The molecule has 2 amide bonds. The van der Waals surface area contributed by atoms with Crippen LogP contribution in [0.25, 0.3) is 10.2 Å². The van der Waals surface area contributed by atoms with Gasteiger partial charge in [-0.3, -0.25) is 5.32 Å². The third-order valence-corrected chi connectivity index (χ3v) is 5.81. The molecule has 124 valence electrons. The Morgan fingerprint density at radius 1 is 1.17 bits per heavy atom. The van der Waals surface area contributed by atoms with Crippen LogP contribution < -0.4 is 10.2 Å². The second kappa shape index (κ2) is 6.37. The van der Waals surface area contributed by atoms with E-state index in [-0.39, 0.29) is 11.8 Å². The predicted octanol–water partition coefficient (Wildman–Crippen LogP) is 3.85. The molecule has 1 saturated heterocycles. The Kier molecular flexibility index (Phi) is 4.07. The number of urea groups is 1. The highest BCUT2D eigenvalue weighted by atomic mass is 32.1. The van der Waals surface area contributed by atoms with Gasteiger partial charge in [0.2, 0.25) is 0 Å². The van der Waals surface area contributed by atoms with Crippen molar-refractivity contribution in [3.05, 3.63) is 41.5 Å². The Bertz CT molecular complexity index is 856. The molecule has 0 unspecified atom stereocenters. The van der Waals surface area contributed by atoms with E-state index in [0.717, 1.165) is 14.8 Å². The molecule has 1 fully saturated rings. The van der Waals surface area contributed by atoms with E-state index in [0.29, 0.717) is 31.7 Å². The number of rotatable bonds is 2. The van der Waals surface area contributed by atoms with Crippen LogP contribution in [-0.2, 0) is 0 Å². The summed E-state index contributed by atoms with van der Waals surface area (Å²) in [6.07, 6.45) is 0. The van der Waals surface area contributed by atoms with Crippen molar-refractivity contribution in [2.45, 2.75) is 0 Å². The van der Waals surface area contributed by atoms with Crippen LogP contribution in [0, 0.1) is 5.82 Å². The summed E-state index contributed by atoms with van der Waals surface area (Å²) in [4.78, 5) is 20.6. The van der Waals surface area contributed by atoms with Gasteiger partial charge in [0.1, 0.15) is 11.3 Å². The lowest BCUT2D eigenvalue weighted by Gasteiger charge is -2.34. The van der Waals surface area contributed by atoms with E-state index in [2.05, 4.69) is 15.2 Å². The monoisotopic (exact) mass is 362 g/mol. The van der Waals surface area contributed by atoms with Gasteiger partial charge in [0.25, 0.3) is 0 Å². The minimum absolute atomic E-state index is 0.0764. The third-order valence-electron chi connectivity index (χ3n) is 3.95. The molecule has 0 saturated carbocycles. The lowest BCUT2D eigenvalue weighted by atomic mass is 10.3. The van der Waals surface area contributed by atoms with E-state index in [4.69, 9.17) is 0 Å². The maximum Gasteiger partial charge on any atom is 0.322 e. The molecule has 1 aliphatic rings. The zero-order valence-electron chi connectivity index (χ0n) is 12.7. The smallest absolute Gasteiger partial charge is 0.322 e. The zero-order valence-corrected chi connectivity index (χ0v) is 14.4. The summed E-state index contributed by atoms with van der Waals surface area (Å²) in [5.74, 6) is -0.288. The van der Waals surface area contributed by atoms with Crippen molar-refractivity contribution in [2.24, 2.45) is 0 Å². The lowest BCUT2D eigenvalue weighted by Crippen LogP contribution is -2.50. The zero-order chi connectivity index (χ0) is 16.5. The first-order chi connectivity index (χ1) is 11.7. The Hall–Kier alpha value is -2.19. The van der Waals surface area contributed by atoms with E-state index < -0.39 is 0 Å². The standard InChI is InChI=1S/C16H15FN4OS2/c17-11-3-1-4-12-14(11)19-16(24-12)21-8-6-20(7-9-21)15(22)18-13-5-2-10-23-13/h1-5,10H,6-9H2,(H,18,22). The van der Waals surface area contributed by atoms with Crippen molar-refractivity contribution in [3.8, 4) is 0 Å². The van der Waals surface area contributed by atoms with Gasteiger partial charge < -0.3 is 9.80 Å². The van der Waals surface area contributed by atoms with Gasteiger partial charge in [0.15, 0.2) is 5.13 Å². The van der Waals surface area contributed by atoms with Gasteiger partial charge in [-0.2, -0.15) is 0 Å². The quantitative estimate of drug-likeness (QED) is 0.753. The number of aromatic nitrogens is 1. The highest BCUT2D eigenvalue weighted by Gasteiger charge is 2.23. The molecule has 1 N–H and O–H groups in total. The molecule has 24 heavy (non-hydrogen) atoms. The van der Waals surface area contributed by atoms with E-state index in [1.165, 1.54) is 28.7 Å². The number of nitrogens with one attached hydrogen (secondary N) is 1. The number of benzene rings is 1. The number of anilines is 2. The molecule has 0 atom stereocenters. The number of amides is 2. The summed E-state index contributed by atoms with van der Waals surface area (Å²) in [6, 6.07) is 8.72.